The van der Waals surface area contributed by atoms with Gasteiger partial charge in [0.05, 0.1) is 18.8 Å². The van der Waals surface area contributed by atoms with Gasteiger partial charge in [-0.3, -0.25) is 0 Å². The van der Waals surface area contributed by atoms with Crippen LogP contribution in [0, 0.1) is 11.8 Å². The molecule has 0 aliphatic heterocycles. The largest absolute Gasteiger partial charge is 0.395 e. The Balaban J connectivity index is 2.41. The van der Waals surface area contributed by atoms with Crippen molar-refractivity contribution in [3.05, 3.63) is 0 Å². The highest BCUT2D eigenvalue weighted by atomic mass is 16.3. The van der Waals surface area contributed by atoms with Crippen LogP contribution in [0.3, 0.4) is 0 Å². The molecule has 0 unspecified atom stereocenters. The molecule has 13 heavy (non-hydrogen) atoms. The van der Waals surface area contributed by atoms with E-state index >= 15 is 0 Å². The molecule has 4 N–H and O–H groups in total. The summed E-state index contributed by atoms with van der Waals surface area (Å²) in [5.41, 5.74) is 5.59. The summed E-state index contributed by atoms with van der Waals surface area (Å²) in [6, 6.07) is -0.463. The normalized spacial score (nSPS) is 34.2. The highest BCUT2D eigenvalue weighted by Crippen LogP contribution is 2.31. The molecule has 0 aromatic rings. The lowest BCUT2D eigenvalue weighted by atomic mass is 9.78. The van der Waals surface area contributed by atoms with Crippen molar-refractivity contribution >= 4 is 0 Å². The van der Waals surface area contributed by atoms with Crippen molar-refractivity contribution in [3.63, 3.8) is 0 Å². The predicted molar refractivity (Wildman–Crippen MR) is 52.2 cm³/mol. The molecule has 0 heterocycles. The van der Waals surface area contributed by atoms with Gasteiger partial charge in [0.1, 0.15) is 0 Å². The average molecular weight is 187 g/mol. The highest BCUT2D eigenvalue weighted by Gasteiger charge is 2.28. The smallest absolute Gasteiger partial charge is 0.0741 e. The predicted octanol–water partition coefficient (Wildman–Crippen LogP) is 0.493. The van der Waals surface area contributed by atoms with E-state index in [1.54, 1.807) is 0 Å². The third-order valence-corrected chi connectivity index (χ3v) is 3.11. The van der Waals surface area contributed by atoms with Crippen LogP contribution in [0.25, 0.3) is 0 Å². The van der Waals surface area contributed by atoms with Gasteiger partial charge in [-0.15, -0.1) is 0 Å². The van der Waals surface area contributed by atoms with Gasteiger partial charge in [0.25, 0.3) is 0 Å². The Labute approximate surface area is 79.9 Å². The van der Waals surface area contributed by atoms with Crippen molar-refractivity contribution in [3.8, 4) is 0 Å². The lowest BCUT2D eigenvalue weighted by molar-refractivity contribution is 0.0337. The Morgan fingerprint density at radius 1 is 1.46 bits per heavy atom. The third kappa shape index (κ3) is 2.93. The topological polar surface area (TPSA) is 66.5 Å². The maximum absolute atomic E-state index is 9.78. The highest BCUT2D eigenvalue weighted by molar-refractivity contribution is 4.82. The number of rotatable bonds is 3. The van der Waals surface area contributed by atoms with Crippen molar-refractivity contribution in [2.24, 2.45) is 17.6 Å². The molecular formula is C10H21NO2. The molecule has 3 nitrogen and oxygen atoms in total. The maximum atomic E-state index is 9.78. The molecule has 1 saturated carbocycles. The monoisotopic (exact) mass is 187 g/mol. The summed E-state index contributed by atoms with van der Waals surface area (Å²) in [6.07, 6.45) is 4.03. The molecule has 1 aliphatic rings. The van der Waals surface area contributed by atoms with E-state index in [0.717, 1.165) is 12.8 Å². The van der Waals surface area contributed by atoms with Crippen LogP contribution in [-0.2, 0) is 0 Å². The molecule has 0 aromatic carbocycles. The second-order valence-corrected chi connectivity index (χ2v) is 4.37. The fourth-order valence-electron chi connectivity index (χ4n) is 2.25. The van der Waals surface area contributed by atoms with E-state index in [0.29, 0.717) is 11.8 Å². The molecule has 1 aliphatic carbocycles. The molecule has 0 spiro atoms. The van der Waals surface area contributed by atoms with Gasteiger partial charge in [-0.25, -0.2) is 0 Å². The van der Waals surface area contributed by atoms with Crippen LogP contribution in [0.2, 0.25) is 0 Å². The van der Waals surface area contributed by atoms with Crippen LogP contribution in [0.1, 0.15) is 32.6 Å². The van der Waals surface area contributed by atoms with Crippen LogP contribution in [0.5, 0.6) is 0 Å². The quantitative estimate of drug-likeness (QED) is 0.602. The summed E-state index contributed by atoms with van der Waals surface area (Å²) in [6.45, 7) is 2.09. The maximum Gasteiger partial charge on any atom is 0.0741 e. The minimum Gasteiger partial charge on any atom is -0.395 e. The zero-order chi connectivity index (χ0) is 9.84. The minimum atomic E-state index is -0.521. The van der Waals surface area contributed by atoms with Crippen molar-refractivity contribution in [1.82, 2.24) is 0 Å². The number of nitrogens with two attached hydrogens (primary N) is 1. The summed E-state index contributed by atoms with van der Waals surface area (Å²) in [5, 5.41) is 18.6. The van der Waals surface area contributed by atoms with E-state index < -0.39 is 12.1 Å². The van der Waals surface area contributed by atoms with Crippen LogP contribution in [-0.4, -0.2) is 29.0 Å². The summed E-state index contributed by atoms with van der Waals surface area (Å²) in [4.78, 5) is 0. The number of aliphatic hydroxyl groups is 2. The minimum absolute atomic E-state index is 0.119. The fraction of sp³-hybridized carbons (Fsp3) is 1.00. The van der Waals surface area contributed by atoms with Gasteiger partial charge in [0, 0.05) is 0 Å². The number of hydrogen-bond acceptors (Lipinski definition) is 3. The average Bonchev–Trinajstić information content (AvgIpc) is 2.15. The molecular weight excluding hydrogens is 166 g/mol. The van der Waals surface area contributed by atoms with Gasteiger partial charge in [-0.1, -0.05) is 19.8 Å². The van der Waals surface area contributed by atoms with Crippen molar-refractivity contribution in [2.45, 2.75) is 44.8 Å². The first kappa shape index (κ1) is 11.0. The van der Waals surface area contributed by atoms with Gasteiger partial charge in [0.15, 0.2) is 0 Å². The molecule has 0 bridgehead atoms. The van der Waals surface area contributed by atoms with Gasteiger partial charge >= 0.3 is 0 Å². The van der Waals surface area contributed by atoms with Crippen LogP contribution in [0.15, 0.2) is 0 Å². The number of aliphatic hydroxyl groups excluding tert-OH is 2. The first-order valence-electron chi connectivity index (χ1n) is 5.19. The first-order valence-corrected chi connectivity index (χ1v) is 5.19. The molecule has 0 radical (unpaired) electrons. The third-order valence-electron chi connectivity index (χ3n) is 3.11. The van der Waals surface area contributed by atoms with Crippen molar-refractivity contribution in [2.75, 3.05) is 6.61 Å². The second-order valence-electron chi connectivity index (χ2n) is 4.37. The Kier molecular flexibility index (Phi) is 4.16. The SMILES string of the molecule is C[C@@H]1CCC[C@H]([C@@H](O)[C@H](N)CO)C1. The summed E-state index contributed by atoms with van der Waals surface area (Å²) >= 11 is 0. The molecule has 1 fully saturated rings. The van der Waals surface area contributed by atoms with Crippen molar-refractivity contribution in [1.29, 1.82) is 0 Å². The van der Waals surface area contributed by atoms with E-state index in [-0.39, 0.29) is 6.61 Å². The number of hydrogen-bond donors (Lipinski definition) is 3. The Bertz CT molecular complexity index is 152. The van der Waals surface area contributed by atoms with Crippen LogP contribution >= 0.6 is 0 Å². The molecule has 3 heteroatoms. The van der Waals surface area contributed by atoms with Gasteiger partial charge in [-0.05, 0) is 24.7 Å². The van der Waals surface area contributed by atoms with Crippen LogP contribution < -0.4 is 5.73 Å². The Morgan fingerprint density at radius 2 is 2.15 bits per heavy atom. The van der Waals surface area contributed by atoms with Crippen LogP contribution in [0.4, 0.5) is 0 Å². The lowest BCUT2D eigenvalue weighted by Crippen LogP contribution is -2.43. The second kappa shape index (κ2) is 4.94. The molecule has 0 aromatic heterocycles. The molecule has 4 atom stereocenters. The van der Waals surface area contributed by atoms with E-state index in [1.165, 1.54) is 12.8 Å². The van der Waals surface area contributed by atoms with Crippen molar-refractivity contribution < 1.29 is 10.2 Å². The molecule has 78 valence electrons. The zero-order valence-corrected chi connectivity index (χ0v) is 8.32. The fourth-order valence-corrected chi connectivity index (χ4v) is 2.25. The Hall–Kier alpha value is -0.120. The lowest BCUT2D eigenvalue weighted by Gasteiger charge is -2.32. The standard InChI is InChI=1S/C10H21NO2/c1-7-3-2-4-8(5-7)10(13)9(11)6-12/h7-10,12-13H,2-6,11H2,1H3/t7-,8+,9-,10-/m1/s1. The first-order chi connectivity index (χ1) is 6.15. The van der Waals surface area contributed by atoms with E-state index in [9.17, 15) is 5.11 Å². The molecule has 0 saturated heterocycles. The zero-order valence-electron chi connectivity index (χ0n) is 8.32. The Morgan fingerprint density at radius 3 is 2.69 bits per heavy atom. The summed E-state index contributed by atoms with van der Waals surface area (Å²) in [5.74, 6) is 0.991. The summed E-state index contributed by atoms with van der Waals surface area (Å²) in [7, 11) is 0. The summed E-state index contributed by atoms with van der Waals surface area (Å²) < 4.78 is 0. The van der Waals surface area contributed by atoms with Gasteiger partial charge in [-0.2, -0.15) is 0 Å². The van der Waals surface area contributed by atoms with E-state index in [4.69, 9.17) is 10.8 Å². The van der Waals surface area contributed by atoms with E-state index in [2.05, 4.69) is 6.92 Å². The van der Waals surface area contributed by atoms with E-state index in [1.807, 2.05) is 0 Å². The van der Waals surface area contributed by atoms with Gasteiger partial charge in [0.2, 0.25) is 0 Å². The molecule has 1 rings (SSSR count). The van der Waals surface area contributed by atoms with Gasteiger partial charge < -0.3 is 15.9 Å². The molecule has 0 amide bonds.